The van der Waals surface area contributed by atoms with Gasteiger partial charge in [-0.1, -0.05) is 36.4 Å². The van der Waals surface area contributed by atoms with Gasteiger partial charge in [0.2, 0.25) is 11.8 Å². The summed E-state index contributed by atoms with van der Waals surface area (Å²) < 4.78 is 0. The second kappa shape index (κ2) is 8.58. The van der Waals surface area contributed by atoms with Crippen LogP contribution < -0.4 is 11.1 Å². The summed E-state index contributed by atoms with van der Waals surface area (Å²) in [6, 6.07) is 14.9. The molecule has 3 N–H and O–H groups in total. The molecule has 1 aliphatic heterocycles. The molecule has 1 aliphatic rings. The van der Waals surface area contributed by atoms with Crippen LogP contribution in [0.15, 0.2) is 54.7 Å². The van der Waals surface area contributed by atoms with Gasteiger partial charge < -0.3 is 16.0 Å². The zero-order valence-electron chi connectivity index (χ0n) is 14.7. The molecule has 2 heterocycles. The number of hydrogen-bond donors (Lipinski definition) is 2. The minimum atomic E-state index is -0.444. The van der Waals surface area contributed by atoms with Crippen molar-refractivity contribution < 1.29 is 9.59 Å². The highest BCUT2D eigenvalue weighted by atomic mass is 16.2. The van der Waals surface area contributed by atoms with Crippen molar-refractivity contribution in [2.75, 3.05) is 13.1 Å². The largest absolute Gasteiger partial charge is 0.347 e. The first-order valence-electron chi connectivity index (χ1n) is 8.94. The number of rotatable bonds is 6. The lowest BCUT2D eigenvalue weighted by molar-refractivity contribution is -0.137. The fourth-order valence-electron chi connectivity index (χ4n) is 3.39. The Balaban J connectivity index is 1.77. The van der Waals surface area contributed by atoms with Gasteiger partial charge in [-0.25, -0.2) is 0 Å². The minimum absolute atomic E-state index is 0.0696. The Labute approximate surface area is 153 Å². The molecule has 1 fully saturated rings. The van der Waals surface area contributed by atoms with E-state index in [2.05, 4.69) is 10.3 Å². The Kier molecular flexibility index (Phi) is 5.96. The predicted molar refractivity (Wildman–Crippen MR) is 99.1 cm³/mol. The normalized spacial score (nSPS) is 17.7. The maximum atomic E-state index is 12.9. The average molecular weight is 352 g/mol. The Morgan fingerprint density at radius 1 is 1.19 bits per heavy atom. The lowest BCUT2D eigenvalue weighted by atomic mass is 10.0. The summed E-state index contributed by atoms with van der Waals surface area (Å²) in [7, 11) is 0. The Morgan fingerprint density at radius 3 is 2.65 bits per heavy atom. The Morgan fingerprint density at radius 2 is 1.96 bits per heavy atom. The summed E-state index contributed by atoms with van der Waals surface area (Å²) in [4.78, 5) is 30.8. The maximum absolute atomic E-state index is 12.9. The van der Waals surface area contributed by atoms with Gasteiger partial charge in [-0.3, -0.25) is 14.6 Å². The van der Waals surface area contributed by atoms with E-state index >= 15 is 0 Å². The number of carbonyl (C=O) groups excluding carboxylic acids is 2. The highest BCUT2D eigenvalue weighted by Gasteiger charge is 2.34. The number of hydrogen-bond acceptors (Lipinski definition) is 4. The van der Waals surface area contributed by atoms with Crippen molar-refractivity contribution in [2.45, 2.75) is 31.3 Å². The Bertz CT molecular complexity index is 736. The molecule has 3 rings (SSSR count). The Hall–Kier alpha value is -2.73. The van der Waals surface area contributed by atoms with Crippen LogP contribution in [0.3, 0.4) is 0 Å². The molecule has 26 heavy (non-hydrogen) atoms. The maximum Gasteiger partial charge on any atom is 0.243 e. The van der Waals surface area contributed by atoms with E-state index in [1.807, 2.05) is 48.5 Å². The molecular weight excluding hydrogens is 328 g/mol. The van der Waals surface area contributed by atoms with Gasteiger partial charge in [0.25, 0.3) is 0 Å². The van der Waals surface area contributed by atoms with Crippen LogP contribution >= 0.6 is 0 Å². The third-order valence-electron chi connectivity index (χ3n) is 4.71. The number of likely N-dealkylation sites (tertiary alicyclic amines) is 1. The first kappa shape index (κ1) is 18.1. The predicted octanol–water partition coefficient (Wildman–Crippen LogP) is 1.43. The smallest absolute Gasteiger partial charge is 0.243 e. The SMILES string of the molecule is NCC(=O)N1CCCC1C(=O)NC(Cc1ccccn1)c1ccccc1. The van der Waals surface area contributed by atoms with Crippen LogP contribution in [-0.4, -0.2) is 40.8 Å². The zero-order valence-corrected chi connectivity index (χ0v) is 14.7. The summed E-state index contributed by atoms with van der Waals surface area (Å²) in [6.07, 6.45) is 3.83. The second-order valence-corrected chi connectivity index (χ2v) is 6.45. The topological polar surface area (TPSA) is 88.3 Å². The van der Waals surface area contributed by atoms with E-state index in [0.717, 1.165) is 17.7 Å². The van der Waals surface area contributed by atoms with Gasteiger partial charge in [0, 0.05) is 24.9 Å². The molecule has 1 aromatic carbocycles. The fourth-order valence-corrected chi connectivity index (χ4v) is 3.39. The summed E-state index contributed by atoms with van der Waals surface area (Å²) in [5.41, 5.74) is 7.40. The molecule has 6 heteroatoms. The van der Waals surface area contributed by atoms with Crippen LogP contribution in [0.25, 0.3) is 0 Å². The van der Waals surface area contributed by atoms with Crippen LogP contribution in [0.4, 0.5) is 0 Å². The third kappa shape index (κ3) is 4.26. The number of aromatic nitrogens is 1. The minimum Gasteiger partial charge on any atom is -0.347 e. The van der Waals surface area contributed by atoms with E-state index in [9.17, 15) is 9.59 Å². The number of nitrogens with two attached hydrogens (primary N) is 1. The molecule has 2 amide bonds. The molecule has 0 saturated carbocycles. The average Bonchev–Trinajstić information content (AvgIpc) is 3.18. The van der Waals surface area contributed by atoms with Crippen molar-refractivity contribution in [1.29, 1.82) is 0 Å². The van der Waals surface area contributed by atoms with Crippen molar-refractivity contribution in [3.8, 4) is 0 Å². The van der Waals surface area contributed by atoms with Crippen molar-refractivity contribution in [2.24, 2.45) is 5.73 Å². The molecule has 1 saturated heterocycles. The van der Waals surface area contributed by atoms with Crippen LogP contribution in [0, 0.1) is 0 Å². The molecule has 0 radical (unpaired) electrons. The van der Waals surface area contributed by atoms with Gasteiger partial charge in [-0.05, 0) is 30.5 Å². The van der Waals surface area contributed by atoms with Gasteiger partial charge in [0.05, 0.1) is 12.6 Å². The van der Waals surface area contributed by atoms with E-state index in [1.165, 1.54) is 0 Å². The summed E-state index contributed by atoms with van der Waals surface area (Å²) in [5, 5.41) is 3.12. The molecule has 6 nitrogen and oxygen atoms in total. The second-order valence-electron chi connectivity index (χ2n) is 6.45. The quantitative estimate of drug-likeness (QED) is 0.823. The third-order valence-corrected chi connectivity index (χ3v) is 4.71. The molecule has 2 atom stereocenters. The van der Waals surface area contributed by atoms with Gasteiger partial charge in [0.15, 0.2) is 0 Å². The zero-order chi connectivity index (χ0) is 18.4. The van der Waals surface area contributed by atoms with Crippen LogP contribution in [0.5, 0.6) is 0 Å². The fraction of sp³-hybridized carbons (Fsp3) is 0.350. The molecule has 0 spiro atoms. The van der Waals surface area contributed by atoms with Crippen LogP contribution in [-0.2, 0) is 16.0 Å². The molecule has 0 aliphatic carbocycles. The molecular formula is C20H24N4O2. The number of benzene rings is 1. The van der Waals surface area contributed by atoms with Gasteiger partial charge in [0.1, 0.15) is 6.04 Å². The highest BCUT2D eigenvalue weighted by Crippen LogP contribution is 2.21. The van der Waals surface area contributed by atoms with Crippen molar-refractivity contribution in [3.63, 3.8) is 0 Å². The molecule has 2 aromatic rings. The number of carbonyl (C=O) groups is 2. The monoisotopic (exact) mass is 352 g/mol. The van der Waals surface area contributed by atoms with Crippen LogP contribution in [0.2, 0.25) is 0 Å². The van der Waals surface area contributed by atoms with E-state index in [-0.39, 0.29) is 24.4 Å². The molecule has 0 bridgehead atoms. The van der Waals surface area contributed by atoms with Crippen molar-refractivity contribution >= 4 is 11.8 Å². The highest BCUT2D eigenvalue weighted by molar-refractivity contribution is 5.89. The number of nitrogens with one attached hydrogen (secondary N) is 1. The number of amides is 2. The molecule has 2 unspecified atom stereocenters. The van der Waals surface area contributed by atoms with Crippen molar-refractivity contribution in [1.82, 2.24) is 15.2 Å². The van der Waals surface area contributed by atoms with Crippen molar-refractivity contribution in [3.05, 3.63) is 66.0 Å². The van der Waals surface area contributed by atoms with Crippen LogP contribution in [0.1, 0.15) is 30.1 Å². The lowest BCUT2D eigenvalue weighted by Crippen LogP contribution is -2.48. The number of nitrogens with zero attached hydrogens (tertiary/aromatic N) is 2. The summed E-state index contributed by atoms with van der Waals surface area (Å²) in [6.45, 7) is 0.518. The standard InChI is InChI=1S/C20H24N4O2/c21-14-19(25)24-12-6-10-18(24)20(26)23-17(15-7-2-1-3-8-15)13-16-9-4-5-11-22-16/h1-5,7-9,11,17-18H,6,10,12-14,21H2,(H,23,26). The van der Waals surface area contributed by atoms with E-state index in [4.69, 9.17) is 5.73 Å². The first-order chi connectivity index (χ1) is 12.7. The van der Waals surface area contributed by atoms with E-state index in [1.54, 1.807) is 11.1 Å². The van der Waals surface area contributed by atoms with Gasteiger partial charge in [-0.2, -0.15) is 0 Å². The number of pyridine rings is 1. The van der Waals surface area contributed by atoms with Gasteiger partial charge >= 0.3 is 0 Å². The first-order valence-corrected chi connectivity index (χ1v) is 8.94. The summed E-state index contributed by atoms with van der Waals surface area (Å²) in [5.74, 6) is -0.308. The summed E-state index contributed by atoms with van der Waals surface area (Å²) >= 11 is 0. The van der Waals surface area contributed by atoms with Gasteiger partial charge in [-0.15, -0.1) is 0 Å². The van der Waals surface area contributed by atoms with E-state index in [0.29, 0.717) is 19.4 Å². The molecule has 136 valence electrons. The molecule has 1 aromatic heterocycles. The van der Waals surface area contributed by atoms with E-state index < -0.39 is 6.04 Å². The lowest BCUT2D eigenvalue weighted by Gasteiger charge is -2.26.